The van der Waals surface area contributed by atoms with Gasteiger partial charge in [0.2, 0.25) is 0 Å². The van der Waals surface area contributed by atoms with E-state index in [2.05, 4.69) is 37.6 Å². The molecule has 1 aliphatic heterocycles. The number of hydrogen-bond acceptors (Lipinski definition) is 3. The second-order valence-electron chi connectivity index (χ2n) is 5.39. The summed E-state index contributed by atoms with van der Waals surface area (Å²) >= 11 is 0. The molecule has 0 saturated carbocycles. The fraction of sp³-hybridized carbons (Fsp3) is 1.00. The van der Waals surface area contributed by atoms with Crippen molar-refractivity contribution in [1.82, 2.24) is 9.80 Å². The summed E-state index contributed by atoms with van der Waals surface area (Å²) < 4.78 is 0. The summed E-state index contributed by atoms with van der Waals surface area (Å²) in [6.45, 7) is 10.2. The van der Waals surface area contributed by atoms with Gasteiger partial charge in [-0.2, -0.15) is 0 Å². The Morgan fingerprint density at radius 3 is 2.60 bits per heavy atom. The van der Waals surface area contributed by atoms with Crippen molar-refractivity contribution in [2.24, 2.45) is 0 Å². The number of aliphatic hydroxyl groups excluding tert-OH is 1. The predicted molar refractivity (Wildman–Crippen MR) is 64.1 cm³/mol. The number of unbranched alkanes of at least 4 members (excludes halogenated alkanes) is 1. The molecule has 1 fully saturated rings. The van der Waals surface area contributed by atoms with E-state index in [-0.39, 0.29) is 12.1 Å². The molecule has 1 atom stereocenters. The van der Waals surface area contributed by atoms with Crippen molar-refractivity contribution in [3.8, 4) is 0 Å². The lowest BCUT2D eigenvalue weighted by atomic mass is 9.95. The van der Waals surface area contributed by atoms with Gasteiger partial charge in [0.05, 0.1) is 6.61 Å². The molecule has 0 aromatic rings. The molecular weight excluding hydrogens is 188 g/mol. The topological polar surface area (TPSA) is 26.7 Å². The van der Waals surface area contributed by atoms with Gasteiger partial charge in [0, 0.05) is 24.7 Å². The van der Waals surface area contributed by atoms with E-state index in [4.69, 9.17) is 0 Å². The lowest BCUT2D eigenvalue weighted by Crippen LogP contribution is -2.64. The molecule has 0 aliphatic carbocycles. The summed E-state index contributed by atoms with van der Waals surface area (Å²) in [6.07, 6.45) is 2.45. The van der Waals surface area contributed by atoms with E-state index in [9.17, 15) is 5.11 Å². The summed E-state index contributed by atoms with van der Waals surface area (Å²) in [7, 11) is 2.14. The molecule has 1 saturated heterocycles. The van der Waals surface area contributed by atoms with Crippen LogP contribution in [0.5, 0.6) is 0 Å². The average molecular weight is 214 g/mol. The van der Waals surface area contributed by atoms with Crippen molar-refractivity contribution >= 4 is 0 Å². The zero-order valence-corrected chi connectivity index (χ0v) is 10.7. The van der Waals surface area contributed by atoms with Gasteiger partial charge in [-0.25, -0.2) is 0 Å². The molecule has 0 aromatic heterocycles. The van der Waals surface area contributed by atoms with Crippen LogP contribution in [0.2, 0.25) is 0 Å². The molecule has 1 unspecified atom stereocenters. The van der Waals surface area contributed by atoms with E-state index in [1.165, 1.54) is 12.8 Å². The molecule has 1 heterocycles. The van der Waals surface area contributed by atoms with E-state index in [0.29, 0.717) is 6.04 Å². The monoisotopic (exact) mass is 214 g/mol. The van der Waals surface area contributed by atoms with Gasteiger partial charge < -0.3 is 10.0 Å². The summed E-state index contributed by atoms with van der Waals surface area (Å²) in [5.74, 6) is 0. The van der Waals surface area contributed by atoms with Crippen LogP contribution in [0, 0.1) is 0 Å². The first kappa shape index (κ1) is 12.9. The van der Waals surface area contributed by atoms with E-state index >= 15 is 0 Å². The highest BCUT2D eigenvalue weighted by atomic mass is 16.3. The standard InChI is InChI=1S/C12H26N2O/c1-5-6-7-14-11(9-15)8-13(4)10-12(14,2)3/h11,15H,5-10H2,1-4H3. The maximum absolute atomic E-state index is 9.44. The molecule has 3 nitrogen and oxygen atoms in total. The van der Waals surface area contributed by atoms with Crippen LogP contribution < -0.4 is 0 Å². The molecule has 3 heteroatoms. The van der Waals surface area contributed by atoms with E-state index < -0.39 is 0 Å². The van der Waals surface area contributed by atoms with Crippen LogP contribution in [0.4, 0.5) is 0 Å². The predicted octanol–water partition coefficient (Wildman–Crippen LogP) is 1.17. The number of nitrogens with zero attached hydrogens (tertiary/aromatic N) is 2. The summed E-state index contributed by atoms with van der Waals surface area (Å²) in [6, 6.07) is 0.310. The second kappa shape index (κ2) is 5.28. The Hall–Kier alpha value is -0.120. The van der Waals surface area contributed by atoms with Crippen LogP contribution in [0.3, 0.4) is 0 Å². The van der Waals surface area contributed by atoms with Crippen LogP contribution in [0.15, 0.2) is 0 Å². The third kappa shape index (κ3) is 3.16. The van der Waals surface area contributed by atoms with Gasteiger partial charge in [0.15, 0.2) is 0 Å². The molecule has 0 spiro atoms. The Morgan fingerprint density at radius 2 is 2.07 bits per heavy atom. The zero-order chi connectivity index (χ0) is 11.5. The first-order valence-corrected chi connectivity index (χ1v) is 6.07. The minimum absolute atomic E-state index is 0.190. The second-order valence-corrected chi connectivity index (χ2v) is 5.39. The highest BCUT2D eigenvalue weighted by Crippen LogP contribution is 2.24. The number of piperazine rings is 1. The van der Waals surface area contributed by atoms with Gasteiger partial charge >= 0.3 is 0 Å². The Balaban J connectivity index is 2.67. The third-order valence-corrected chi connectivity index (χ3v) is 3.36. The van der Waals surface area contributed by atoms with Crippen LogP contribution in [0.25, 0.3) is 0 Å². The third-order valence-electron chi connectivity index (χ3n) is 3.36. The van der Waals surface area contributed by atoms with Crippen LogP contribution >= 0.6 is 0 Å². The molecule has 1 rings (SSSR count). The van der Waals surface area contributed by atoms with Crippen LogP contribution in [-0.2, 0) is 0 Å². The number of aliphatic hydroxyl groups is 1. The maximum atomic E-state index is 9.44. The molecule has 0 bridgehead atoms. The first-order chi connectivity index (χ1) is 7.01. The van der Waals surface area contributed by atoms with Crippen molar-refractivity contribution in [1.29, 1.82) is 0 Å². The molecule has 1 aliphatic rings. The Bertz CT molecular complexity index is 194. The lowest BCUT2D eigenvalue weighted by molar-refractivity contribution is -0.0364. The van der Waals surface area contributed by atoms with Crippen molar-refractivity contribution in [3.05, 3.63) is 0 Å². The van der Waals surface area contributed by atoms with Gasteiger partial charge in [0.25, 0.3) is 0 Å². The first-order valence-electron chi connectivity index (χ1n) is 6.07. The Morgan fingerprint density at radius 1 is 1.40 bits per heavy atom. The van der Waals surface area contributed by atoms with Crippen molar-refractivity contribution < 1.29 is 5.11 Å². The van der Waals surface area contributed by atoms with Crippen LogP contribution in [-0.4, -0.2) is 59.8 Å². The van der Waals surface area contributed by atoms with Gasteiger partial charge in [-0.1, -0.05) is 13.3 Å². The van der Waals surface area contributed by atoms with Crippen molar-refractivity contribution in [3.63, 3.8) is 0 Å². The van der Waals surface area contributed by atoms with Gasteiger partial charge in [0.1, 0.15) is 0 Å². The van der Waals surface area contributed by atoms with Crippen LogP contribution in [0.1, 0.15) is 33.6 Å². The van der Waals surface area contributed by atoms with Gasteiger partial charge in [-0.3, -0.25) is 4.90 Å². The highest BCUT2D eigenvalue weighted by molar-refractivity contribution is 4.94. The summed E-state index contributed by atoms with van der Waals surface area (Å²) in [5.41, 5.74) is 0.190. The van der Waals surface area contributed by atoms with Crippen molar-refractivity contribution in [2.75, 3.05) is 33.3 Å². The molecular formula is C12H26N2O. The van der Waals surface area contributed by atoms with E-state index in [1.807, 2.05) is 0 Å². The molecule has 0 amide bonds. The Labute approximate surface area is 94.1 Å². The summed E-state index contributed by atoms with van der Waals surface area (Å²) in [5, 5.41) is 9.44. The van der Waals surface area contributed by atoms with Gasteiger partial charge in [-0.15, -0.1) is 0 Å². The lowest BCUT2D eigenvalue weighted by Gasteiger charge is -2.50. The minimum Gasteiger partial charge on any atom is -0.395 e. The molecule has 90 valence electrons. The molecule has 0 radical (unpaired) electrons. The number of likely N-dealkylation sites (N-methyl/N-ethyl adjacent to an activating group) is 1. The normalized spacial score (nSPS) is 28.2. The maximum Gasteiger partial charge on any atom is 0.0599 e. The quantitative estimate of drug-likeness (QED) is 0.761. The fourth-order valence-corrected chi connectivity index (χ4v) is 2.74. The summed E-state index contributed by atoms with van der Waals surface area (Å²) in [4.78, 5) is 4.81. The molecule has 1 N–H and O–H groups in total. The number of rotatable bonds is 4. The van der Waals surface area contributed by atoms with Crippen molar-refractivity contribution in [2.45, 2.75) is 45.2 Å². The smallest absolute Gasteiger partial charge is 0.0599 e. The molecule has 15 heavy (non-hydrogen) atoms. The fourth-order valence-electron chi connectivity index (χ4n) is 2.74. The zero-order valence-electron chi connectivity index (χ0n) is 10.7. The van der Waals surface area contributed by atoms with E-state index in [0.717, 1.165) is 19.6 Å². The largest absolute Gasteiger partial charge is 0.395 e. The Kier molecular flexibility index (Phi) is 4.56. The highest BCUT2D eigenvalue weighted by Gasteiger charge is 2.37. The average Bonchev–Trinajstić information content (AvgIpc) is 2.14. The molecule has 0 aromatic carbocycles. The van der Waals surface area contributed by atoms with Gasteiger partial charge in [-0.05, 0) is 33.9 Å². The van der Waals surface area contributed by atoms with E-state index in [1.54, 1.807) is 0 Å². The minimum atomic E-state index is 0.190. The SMILES string of the molecule is CCCCN1C(CO)CN(C)CC1(C)C. The number of hydrogen-bond donors (Lipinski definition) is 1.